The summed E-state index contributed by atoms with van der Waals surface area (Å²) in [4.78, 5) is 10.7. The Morgan fingerprint density at radius 3 is 2.61 bits per heavy atom. The topological polar surface area (TPSA) is 89.8 Å². The van der Waals surface area contributed by atoms with E-state index in [0.717, 1.165) is 0 Å². The van der Waals surface area contributed by atoms with Crippen LogP contribution in [-0.4, -0.2) is 33.9 Å². The largest absolute Gasteiger partial charge is 0.507 e. The lowest BCUT2D eigenvalue weighted by Crippen LogP contribution is -2.34. The summed E-state index contributed by atoms with van der Waals surface area (Å²) in [6, 6.07) is 2.93. The lowest BCUT2D eigenvalue weighted by atomic mass is 10.0. The van der Waals surface area contributed by atoms with Crippen molar-refractivity contribution in [2.45, 2.75) is 26.1 Å². The Morgan fingerprint density at radius 2 is 2.06 bits per heavy atom. The minimum atomic E-state index is -1.32. The molecule has 0 spiro atoms. The second-order valence-corrected chi connectivity index (χ2v) is 4.55. The molecule has 0 bridgehead atoms. The number of carbonyl (C=O) groups excluding carboxylic acids is 1. The SMILES string of the molecule is CC(=O)NCC(O)C(O)c1cc(Cl)cc(C)c1O. The van der Waals surface area contributed by atoms with E-state index in [9.17, 15) is 20.1 Å². The van der Waals surface area contributed by atoms with Crippen molar-refractivity contribution in [2.24, 2.45) is 0 Å². The molecule has 1 aromatic carbocycles. The molecule has 0 saturated carbocycles. The number of phenolic OH excluding ortho intramolecular Hbond substituents is 1. The van der Waals surface area contributed by atoms with Crippen molar-refractivity contribution in [1.82, 2.24) is 5.32 Å². The molecule has 6 heteroatoms. The molecule has 4 N–H and O–H groups in total. The van der Waals surface area contributed by atoms with Crippen LogP contribution < -0.4 is 5.32 Å². The summed E-state index contributed by atoms with van der Waals surface area (Å²) in [5, 5.41) is 32.2. The second kappa shape index (κ2) is 6.04. The first-order valence-corrected chi connectivity index (χ1v) is 5.80. The van der Waals surface area contributed by atoms with Crippen LogP contribution in [0.25, 0.3) is 0 Å². The van der Waals surface area contributed by atoms with Gasteiger partial charge in [-0.05, 0) is 24.6 Å². The van der Waals surface area contributed by atoms with Crippen LogP contribution >= 0.6 is 11.6 Å². The molecule has 0 radical (unpaired) electrons. The van der Waals surface area contributed by atoms with Gasteiger partial charge in [-0.25, -0.2) is 0 Å². The number of carbonyl (C=O) groups is 1. The van der Waals surface area contributed by atoms with Gasteiger partial charge in [0.05, 0.1) is 0 Å². The molecule has 18 heavy (non-hydrogen) atoms. The van der Waals surface area contributed by atoms with Gasteiger partial charge < -0.3 is 20.6 Å². The Balaban J connectivity index is 2.89. The normalized spacial score (nSPS) is 14.1. The van der Waals surface area contributed by atoms with E-state index in [2.05, 4.69) is 5.32 Å². The van der Waals surface area contributed by atoms with E-state index in [0.29, 0.717) is 10.6 Å². The summed E-state index contributed by atoms with van der Waals surface area (Å²) in [6.07, 6.45) is -2.55. The Hall–Kier alpha value is -1.30. The van der Waals surface area contributed by atoms with E-state index in [4.69, 9.17) is 11.6 Å². The molecule has 2 unspecified atom stereocenters. The van der Waals surface area contributed by atoms with Crippen molar-refractivity contribution in [1.29, 1.82) is 0 Å². The highest BCUT2D eigenvalue weighted by molar-refractivity contribution is 6.30. The van der Waals surface area contributed by atoms with E-state index >= 15 is 0 Å². The first-order valence-electron chi connectivity index (χ1n) is 5.42. The number of hydrogen-bond donors (Lipinski definition) is 4. The maximum absolute atomic E-state index is 10.7. The molecule has 0 aromatic heterocycles. The predicted molar refractivity (Wildman–Crippen MR) is 67.5 cm³/mol. The van der Waals surface area contributed by atoms with Crippen LogP contribution in [0.3, 0.4) is 0 Å². The molecule has 0 aliphatic heterocycles. The molecular weight excluding hydrogens is 258 g/mol. The van der Waals surface area contributed by atoms with Crippen molar-refractivity contribution < 1.29 is 20.1 Å². The molecule has 0 fully saturated rings. The molecule has 2 atom stereocenters. The Labute approximate surface area is 110 Å². The van der Waals surface area contributed by atoms with Gasteiger partial charge in [-0.15, -0.1) is 0 Å². The fourth-order valence-corrected chi connectivity index (χ4v) is 1.84. The van der Waals surface area contributed by atoms with Crippen LogP contribution in [0, 0.1) is 6.92 Å². The number of aliphatic hydroxyl groups excluding tert-OH is 2. The molecule has 0 aliphatic rings. The molecule has 5 nitrogen and oxygen atoms in total. The molecule has 0 saturated heterocycles. The van der Waals surface area contributed by atoms with E-state index in [1.165, 1.54) is 13.0 Å². The zero-order valence-electron chi connectivity index (χ0n) is 10.1. The van der Waals surface area contributed by atoms with Crippen LogP contribution in [0.4, 0.5) is 0 Å². The average Bonchev–Trinajstić information content (AvgIpc) is 2.29. The van der Waals surface area contributed by atoms with Crippen LogP contribution in [-0.2, 0) is 4.79 Å². The van der Waals surface area contributed by atoms with Gasteiger partial charge in [0.1, 0.15) is 18.0 Å². The van der Waals surface area contributed by atoms with E-state index in [1.807, 2.05) is 0 Å². The van der Waals surface area contributed by atoms with Crippen LogP contribution in [0.2, 0.25) is 5.02 Å². The first kappa shape index (κ1) is 14.8. The summed E-state index contributed by atoms with van der Waals surface area (Å²) in [5.41, 5.74) is 0.640. The second-order valence-electron chi connectivity index (χ2n) is 4.11. The third-order valence-corrected chi connectivity index (χ3v) is 2.76. The monoisotopic (exact) mass is 273 g/mol. The lowest BCUT2D eigenvalue weighted by molar-refractivity contribution is -0.119. The number of aromatic hydroxyl groups is 1. The van der Waals surface area contributed by atoms with Gasteiger partial charge in [-0.2, -0.15) is 0 Å². The molecular formula is C12H16ClNO4. The molecule has 0 heterocycles. The molecule has 1 amide bonds. The van der Waals surface area contributed by atoms with Gasteiger partial charge in [-0.1, -0.05) is 11.6 Å². The number of rotatable bonds is 4. The van der Waals surface area contributed by atoms with E-state index < -0.39 is 12.2 Å². The summed E-state index contributed by atoms with van der Waals surface area (Å²) in [6.45, 7) is 2.83. The smallest absolute Gasteiger partial charge is 0.216 e. The van der Waals surface area contributed by atoms with Crippen LogP contribution in [0.5, 0.6) is 5.75 Å². The van der Waals surface area contributed by atoms with E-state index in [-0.39, 0.29) is 23.8 Å². The van der Waals surface area contributed by atoms with Crippen molar-refractivity contribution in [3.05, 3.63) is 28.3 Å². The maximum Gasteiger partial charge on any atom is 0.216 e. The van der Waals surface area contributed by atoms with Gasteiger partial charge in [0.2, 0.25) is 5.91 Å². The van der Waals surface area contributed by atoms with Crippen molar-refractivity contribution >= 4 is 17.5 Å². The third kappa shape index (κ3) is 3.60. The summed E-state index contributed by atoms with van der Waals surface area (Å²) >= 11 is 5.82. The standard InChI is InChI=1S/C12H16ClNO4/c1-6-3-8(13)4-9(11(6)17)12(18)10(16)5-14-7(2)15/h3-4,10,12,16-18H,5H2,1-2H3,(H,14,15). The Morgan fingerprint density at radius 1 is 1.44 bits per heavy atom. The highest BCUT2D eigenvalue weighted by Crippen LogP contribution is 2.32. The van der Waals surface area contributed by atoms with Crippen LogP contribution in [0.1, 0.15) is 24.2 Å². The summed E-state index contributed by atoms with van der Waals surface area (Å²) in [5.74, 6) is -0.429. The van der Waals surface area contributed by atoms with Gasteiger partial charge in [0, 0.05) is 24.1 Å². The number of nitrogens with one attached hydrogen (secondary N) is 1. The fourth-order valence-electron chi connectivity index (χ4n) is 1.55. The van der Waals surface area contributed by atoms with Gasteiger partial charge in [0.15, 0.2) is 0 Å². The van der Waals surface area contributed by atoms with Gasteiger partial charge in [-0.3, -0.25) is 4.79 Å². The number of hydrogen-bond acceptors (Lipinski definition) is 4. The highest BCUT2D eigenvalue weighted by Gasteiger charge is 2.22. The van der Waals surface area contributed by atoms with E-state index in [1.54, 1.807) is 13.0 Å². The molecule has 1 aromatic rings. The zero-order chi connectivity index (χ0) is 13.9. The average molecular weight is 274 g/mol. The lowest BCUT2D eigenvalue weighted by Gasteiger charge is -2.20. The van der Waals surface area contributed by atoms with Crippen LogP contribution in [0.15, 0.2) is 12.1 Å². The molecule has 1 rings (SSSR count). The number of halogens is 1. The number of amides is 1. The summed E-state index contributed by atoms with van der Waals surface area (Å²) in [7, 11) is 0. The number of benzene rings is 1. The van der Waals surface area contributed by atoms with Crippen molar-refractivity contribution in [2.75, 3.05) is 6.54 Å². The first-order chi connectivity index (χ1) is 8.32. The number of aryl methyl sites for hydroxylation is 1. The van der Waals surface area contributed by atoms with Gasteiger partial charge >= 0.3 is 0 Å². The number of aliphatic hydroxyl groups is 2. The third-order valence-electron chi connectivity index (χ3n) is 2.54. The maximum atomic E-state index is 10.7. The summed E-state index contributed by atoms with van der Waals surface area (Å²) < 4.78 is 0. The Kier molecular flexibility index (Phi) is 4.95. The molecule has 0 aliphatic carbocycles. The Bertz CT molecular complexity index is 450. The quantitative estimate of drug-likeness (QED) is 0.656. The molecule has 100 valence electrons. The van der Waals surface area contributed by atoms with Crippen molar-refractivity contribution in [3.8, 4) is 5.75 Å². The van der Waals surface area contributed by atoms with Gasteiger partial charge in [0.25, 0.3) is 0 Å². The minimum Gasteiger partial charge on any atom is -0.507 e. The predicted octanol–water partition coefficient (Wildman–Crippen LogP) is 0.884. The fraction of sp³-hybridized carbons (Fsp3) is 0.417. The minimum absolute atomic E-state index is 0.110. The van der Waals surface area contributed by atoms with Crippen molar-refractivity contribution in [3.63, 3.8) is 0 Å². The zero-order valence-corrected chi connectivity index (χ0v) is 10.9. The highest BCUT2D eigenvalue weighted by atomic mass is 35.5. The number of phenols is 1.